The van der Waals surface area contributed by atoms with Crippen LogP contribution in [0.3, 0.4) is 0 Å². The first-order valence-electron chi connectivity index (χ1n) is 13.1. The third-order valence-electron chi connectivity index (χ3n) is 7.36. The van der Waals surface area contributed by atoms with Crippen molar-refractivity contribution in [1.82, 2.24) is 9.13 Å². The number of benzene rings is 3. The van der Waals surface area contributed by atoms with Crippen molar-refractivity contribution < 1.29 is 9.22 Å². The van der Waals surface area contributed by atoms with Gasteiger partial charge in [-0.25, -0.2) is 4.79 Å². The second-order valence-corrected chi connectivity index (χ2v) is 15.1. The smallest absolute Gasteiger partial charge is 0.338 e. The topological polar surface area (TPSA) is 70.3 Å². The molecule has 1 aromatic heterocycles. The number of carbonyl (C=O) groups is 1. The highest BCUT2D eigenvalue weighted by molar-refractivity contribution is 6.99. The molecule has 39 heavy (non-hydrogen) atoms. The van der Waals surface area contributed by atoms with Gasteiger partial charge in [-0.3, -0.25) is 14.2 Å². The molecule has 0 spiro atoms. The standard InChI is InChI=1S/C32H32N2O4Si/c1-32(2,3)39(27-15-9-5-10-16-27,28-17-11-6-12-18-28)38-26-20-19-25(23-26)33-22-21-29(35)34(31(33)37)30(36)24-13-7-4-8-14-24/h4-22,25-26H,23H2,1-3H3/t25-,26+/m0/s1. The Kier molecular flexibility index (Phi) is 7.21. The Morgan fingerprint density at radius 1 is 0.795 bits per heavy atom. The van der Waals surface area contributed by atoms with Crippen LogP contribution >= 0.6 is 0 Å². The highest BCUT2D eigenvalue weighted by Crippen LogP contribution is 2.39. The Bertz CT molecular complexity index is 1560. The molecule has 0 radical (unpaired) electrons. The molecule has 0 saturated heterocycles. The maximum atomic E-state index is 13.4. The molecule has 0 aliphatic heterocycles. The van der Waals surface area contributed by atoms with Crippen LogP contribution in [0.2, 0.25) is 5.04 Å². The maximum absolute atomic E-state index is 13.4. The Balaban J connectivity index is 1.50. The number of allylic oxidation sites excluding steroid dienone is 1. The van der Waals surface area contributed by atoms with Gasteiger partial charge < -0.3 is 4.43 Å². The molecule has 0 unspecified atom stereocenters. The Morgan fingerprint density at radius 2 is 1.33 bits per heavy atom. The highest BCUT2D eigenvalue weighted by atomic mass is 28.4. The summed E-state index contributed by atoms with van der Waals surface area (Å²) in [6, 6.07) is 30.1. The van der Waals surface area contributed by atoms with E-state index in [4.69, 9.17) is 4.43 Å². The molecular formula is C32H32N2O4Si. The van der Waals surface area contributed by atoms with Crippen molar-refractivity contribution in [3.05, 3.63) is 142 Å². The van der Waals surface area contributed by atoms with Crippen molar-refractivity contribution in [3.8, 4) is 0 Å². The molecule has 0 fully saturated rings. The third-order valence-corrected chi connectivity index (χ3v) is 12.4. The zero-order chi connectivity index (χ0) is 27.6. The van der Waals surface area contributed by atoms with Crippen molar-refractivity contribution >= 4 is 24.6 Å². The molecule has 198 valence electrons. The second-order valence-electron chi connectivity index (χ2n) is 10.9. The van der Waals surface area contributed by atoms with Gasteiger partial charge in [-0.05, 0) is 27.5 Å². The van der Waals surface area contributed by atoms with Gasteiger partial charge in [0.1, 0.15) is 0 Å². The van der Waals surface area contributed by atoms with E-state index in [-0.39, 0.29) is 22.7 Å². The molecule has 3 aromatic carbocycles. The van der Waals surface area contributed by atoms with Crippen LogP contribution < -0.4 is 21.6 Å². The number of nitrogens with zero attached hydrogens (tertiary/aromatic N) is 2. The molecule has 0 amide bonds. The van der Waals surface area contributed by atoms with Gasteiger partial charge >= 0.3 is 5.69 Å². The highest BCUT2D eigenvalue weighted by Gasteiger charge is 2.51. The number of carbonyl (C=O) groups excluding carboxylic acids is 1. The lowest BCUT2D eigenvalue weighted by atomic mass is 10.2. The lowest BCUT2D eigenvalue weighted by molar-refractivity contribution is 0.0948. The summed E-state index contributed by atoms with van der Waals surface area (Å²) in [6.07, 6.45) is 5.68. The molecule has 1 heterocycles. The van der Waals surface area contributed by atoms with Crippen LogP contribution in [0.5, 0.6) is 0 Å². The summed E-state index contributed by atoms with van der Waals surface area (Å²) in [7, 11) is -2.79. The normalized spacial score (nSPS) is 17.3. The van der Waals surface area contributed by atoms with E-state index in [1.54, 1.807) is 30.3 Å². The van der Waals surface area contributed by atoms with Gasteiger partial charge in [-0.2, -0.15) is 4.57 Å². The summed E-state index contributed by atoms with van der Waals surface area (Å²) in [5.74, 6) is -0.637. The molecule has 0 N–H and O–H groups in total. The minimum Gasteiger partial charge on any atom is -0.401 e. The molecule has 2 atom stereocenters. The molecule has 6 nitrogen and oxygen atoms in total. The fourth-order valence-corrected chi connectivity index (χ4v) is 10.1. The largest absolute Gasteiger partial charge is 0.401 e. The molecule has 1 aliphatic rings. The average molecular weight is 537 g/mol. The number of aromatic nitrogens is 2. The van der Waals surface area contributed by atoms with Gasteiger partial charge in [0.15, 0.2) is 0 Å². The van der Waals surface area contributed by atoms with E-state index in [1.165, 1.54) is 27.2 Å². The minimum absolute atomic E-state index is 0.187. The maximum Gasteiger partial charge on any atom is 0.338 e. The van der Waals surface area contributed by atoms with Crippen molar-refractivity contribution in [2.24, 2.45) is 0 Å². The molecule has 1 aliphatic carbocycles. The Labute approximate surface area is 229 Å². The summed E-state index contributed by atoms with van der Waals surface area (Å²) < 4.78 is 9.36. The Hall–Kier alpha value is -4.07. The van der Waals surface area contributed by atoms with Gasteiger partial charge in [0.05, 0.1) is 12.1 Å². The van der Waals surface area contributed by atoms with Gasteiger partial charge in [0.25, 0.3) is 19.8 Å². The quantitative estimate of drug-likeness (QED) is 0.274. The third kappa shape index (κ3) is 4.91. The van der Waals surface area contributed by atoms with Crippen molar-refractivity contribution in [1.29, 1.82) is 0 Å². The van der Waals surface area contributed by atoms with Crippen LogP contribution in [0, 0.1) is 0 Å². The van der Waals surface area contributed by atoms with Crippen molar-refractivity contribution in [3.63, 3.8) is 0 Å². The monoisotopic (exact) mass is 536 g/mol. The fourth-order valence-electron chi connectivity index (χ4n) is 5.50. The molecular weight excluding hydrogens is 504 g/mol. The van der Waals surface area contributed by atoms with Crippen LogP contribution in [-0.4, -0.2) is 29.5 Å². The van der Waals surface area contributed by atoms with E-state index in [0.29, 0.717) is 11.0 Å². The zero-order valence-electron chi connectivity index (χ0n) is 22.4. The summed E-state index contributed by atoms with van der Waals surface area (Å²) >= 11 is 0. The van der Waals surface area contributed by atoms with Gasteiger partial charge in [0, 0.05) is 24.2 Å². The van der Waals surface area contributed by atoms with E-state index in [2.05, 4.69) is 69.3 Å². The first kappa shape index (κ1) is 26.5. The van der Waals surface area contributed by atoms with Gasteiger partial charge in [0.2, 0.25) is 0 Å². The average Bonchev–Trinajstić information content (AvgIpc) is 3.40. The summed E-state index contributed by atoms with van der Waals surface area (Å²) in [4.78, 5) is 39.1. The molecule has 0 saturated carbocycles. The van der Waals surface area contributed by atoms with Crippen LogP contribution in [0.1, 0.15) is 43.6 Å². The molecule has 7 heteroatoms. The van der Waals surface area contributed by atoms with Gasteiger partial charge in [-0.15, -0.1) is 0 Å². The van der Waals surface area contributed by atoms with E-state index < -0.39 is 25.5 Å². The lowest BCUT2D eigenvalue weighted by Gasteiger charge is -2.44. The summed E-state index contributed by atoms with van der Waals surface area (Å²) in [5, 5.41) is 2.17. The molecule has 4 aromatic rings. The van der Waals surface area contributed by atoms with Crippen LogP contribution in [0.15, 0.2) is 125 Å². The van der Waals surface area contributed by atoms with Crippen molar-refractivity contribution in [2.45, 2.75) is 44.4 Å². The van der Waals surface area contributed by atoms with E-state index >= 15 is 0 Å². The fraction of sp³-hybridized carbons (Fsp3) is 0.219. The number of rotatable bonds is 6. The van der Waals surface area contributed by atoms with Crippen molar-refractivity contribution in [2.75, 3.05) is 0 Å². The minimum atomic E-state index is -2.79. The first-order valence-corrected chi connectivity index (χ1v) is 15.0. The van der Waals surface area contributed by atoms with Crippen LogP contribution in [-0.2, 0) is 4.43 Å². The van der Waals surface area contributed by atoms with E-state index in [0.717, 1.165) is 0 Å². The molecule has 0 bridgehead atoms. The number of hydrogen-bond acceptors (Lipinski definition) is 4. The molecule has 5 rings (SSSR count). The second kappa shape index (κ2) is 10.6. The summed E-state index contributed by atoms with van der Waals surface area (Å²) in [6.45, 7) is 6.68. The van der Waals surface area contributed by atoms with E-state index in [1.807, 2.05) is 24.3 Å². The lowest BCUT2D eigenvalue weighted by Crippen LogP contribution is -2.67. The van der Waals surface area contributed by atoms with E-state index in [9.17, 15) is 14.4 Å². The summed E-state index contributed by atoms with van der Waals surface area (Å²) in [5.41, 5.74) is -1.02. The van der Waals surface area contributed by atoms with Crippen LogP contribution in [0.4, 0.5) is 0 Å². The first-order chi connectivity index (χ1) is 18.7. The Morgan fingerprint density at radius 3 is 1.87 bits per heavy atom. The van der Waals surface area contributed by atoms with Gasteiger partial charge in [-0.1, -0.05) is 112 Å². The van der Waals surface area contributed by atoms with Crippen LogP contribution in [0.25, 0.3) is 0 Å². The predicted molar refractivity (Wildman–Crippen MR) is 156 cm³/mol. The zero-order valence-corrected chi connectivity index (χ0v) is 23.4. The number of hydrogen-bond donors (Lipinski definition) is 0. The SMILES string of the molecule is CC(C)(C)[Si](O[C@@H]1C=C[C@H](n2ccc(=O)n(C(=O)c3ccccc3)c2=O)C1)(c1ccccc1)c1ccccc1. The predicted octanol–water partition coefficient (Wildman–Crippen LogP) is 4.14.